The van der Waals surface area contributed by atoms with Crippen LogP contribution in [0.3, 0.4) is 0 Å². The van der Waals surface area contributed by atoms with Crippen LogP contribution >= 0.6 is 38.5 Å². The van der Waals surface area contributed by atoms with Crippen LogP contribution in [-0.2, 0) is 10.1 Å². The zero-order chi connectivity index (χ0) is 22.6. The molecule has 0 atom stereocenters. The van der Waals surface area contributed by atoms with Crippen LogP contribution < -0.4 is 8.92 Å². The zero-order valence-electron chi connectivity index (χ0n) is 16.6. The van der Waals surface area contributed by atoms with Gasteiger partial charge in [0.15, 0.2) is 11.5 Å². The number of nitriles is 1. The lowest BCUT2D eigenvalue weighted by Gasteiger charge is -2.14. The number of ether oxygens (including phenoxy) is 1. The van der Waals surface area contributed by atoms with E-state index in [-0.39, 0.29) is 16.4 Å². The first-order valence-electron chi connectivity index (χ1n) is 9.00. The fourth-order valence-electron chi connectivity index (χ4n) is 2.74. The molecule has 0 spiro atoms. The minimum absolute atomic E-state index is 0.0573. The summed E-state index contributed by atoms with van der Waals surface area (Å²) >= 11 is 5.37. The highest BCUT2D eigenvalue weighted by atomic mass is 127. The number of methoxy groups -OCH3 is 1. The Morgan fingerprint density at radius 2 is 1.74 bits per heavy atom. The van der Waals surface area contributed by atoms with Crippen molar-refractivity contribution in [2.45, 2.75) is 11.8 Å². The van der Waals surface area contributed by atoms with E-state index in [0.717, 1.165) is 15.6 Å². The Hall–Kier alpha value is -2.35. The predicted octanol–water partition coefficient (Wildman–Crippen LogP) is 6.20. The SMILES string of the molecule is COc1cc(/C=C(\C#N)c2ccc(Br)cc2)cc(I)c1OS(=O)(=O)c1ccc(C)cc1. The van der Waals surface area contributed by atoms with Crippen LogP contribution in [0.4, 0.5) is 0 Å². The molecule has 0 N–H and O–H groups in total. The van der Waals surface area contributed by atoms with Gasteiger partial charge in [0.1, 0.15) is 4.90 Å². The minimum Gasteiger partial charge on any atom is -0.493 e. The van der Waals surface area contributed by atoms with E-state index in [0.29, 0.717) is 14.7 Å². The highest BCUT2D eigenvalue weighted by molar-refractivity contribution is 14.1. The van der Waals surface area contributed by atoms with Crippen LogP contribution in [0, 0.1) is 21.8 Å². The summed E-state index contributed by atoms with van der Waals surface area (Å²) in [5, 5.41) is 9.59. The zero-order valence-corrected chi connectivity index (χ0v) is 21.2. The van der Waals surface area contributed by atoms with Gasteiger partial charge in [0.25, 0.3) is 0 Å². The summed E-state index contributed by atoms with van der Waals surface area (Å²) in [5.41, 5.74) is 2.86. The molecule has 0 saturated carbocycles. The van der Waals surface area contributed by atoms with Crippen molar-refractivity contribution in [3.63, 3.8) is 0 Å². The van der Waals surface area contributed by atoms with Crippen molar-refractivity contribution in [2.24, 2.45) is 0 Å². The highest BCUT2D eigenvalue weighted by Crippen LogP contribution is 2.37. The molecule has 0 fully saturated rings. The van der Waals surface area contributed by atoms with E-state index < -0.39 is 10.1 Å². The molecule has 0 unspecified atom stereocenters. The lowest BCUT2D eigenvalue weighted by atomic mass is 10.0. The van der Waals surface area contributed by atoms with Gasteiger partial charge in [0, 0.05) is 4.47 Å². The first-order chi connectivity index (χ1) is 14.7. The number of halogens is 2. The Bertz CT molecular complexity index is 1280. The predicted molar refractivity (Wildman–Crippen MR) is 132 cm³/mol. The summed E-state index contributed by atoms with van der Waals surface area (Å²) < 4.78 is 37.7. The molecule has 0 radical (unpaired) electrons. The molecule has 0 aliphatic rings. The average Bonchev–Trinajstić information content (AvgIpc) is 2.74. The first-order valence-corrected chi connectivity index (χ1v) is 12.3. The Kier molecular flexibility index (Phi) is 7.41. The molecule has 158 valence electrons. The number of aryl methyl sites for hydroxylation is 1. The van der Waals surface area contributed by atoms with Crippen molar-refractivity contribution in [1.29, 1.82) is 5.26 Å². The maximum atomic E-state index is 12.7. The quantitative estimate of drug-likeness (QED) is 0.144. The highest BCUT2D eigenvalue weighted by Gasteiger charge is 2.22. The van der Waals surface area contributed by atoms with E-state index in [1.165, 1.54) is 19.2 Å². The Morgan fingerprint density at radius 3 is 2.32 bits per heavy atom. The topological polar surface area (TPSA) is 76.4 Å². The monoisotopic (exact) mass is 609 g/mol. The maximum Gasteiger partial charge on any atom is 0.339 e. The van der Waals surface area contributed by atoms with Gasteiger partial charge in [-0.3, -0.25) is 0 Å². The lowest BCUT2D eigenvalue weighted by Crippen LogP contribution is -2.11. The van der Waals surface area contributed by atoms with Gasteiger partial charge in [0.2, 0.25) is 0 Å². The third-order valence-electron chi connectivity index (χ3n) is 4.34. The van der Waals surface area contributed by atoms with Gasteiger partial charge in [0.05, 0.1) is 22.3 Å². The molecular formula is C23H17BrINO4S. The lowest BCUT2D eigenvalue weighted by molar-refractivity contribution is 0.389. The van der Waals surface area contributed by atoms with Gasteiger partial charge in [-0.15, -0.1) is 0 Å². The third kappa shape index (κ3) is 5.67. The Labute approximate surface area is 203 Å². The number of benzene rings is 3. The van der Waals surface area contributed by atoms with Crippen LogP contribution in [-0.4, -0.2) is 15.5 Å². The fourth-order valence-corrected chi connectivity index (χ4v) is 4.85. The molecule has 0 bridgehead atoms. The summed E-state index contributed by atoms with van der Waals surface area (Å²) in [5.74, 6) is 0.352. The maximum absolute atomic E-state index is 12.7. The van der Waals surface area contributed by atoms with Gasteiger partial charge >= 0.3 is 10.1 Å². The number of hydrogen-bond acceptors (Lipinski definition) is 5. The molecule has 0 aliphatic heterocycles. The Morgan fingerprint density at radius 1 is 1.10 bits per heavy atom. The van der Waals surface area contributed by atoms with Gasteiger partial charge in [-0.25, -0.2) is 0 Å². The van der Waals surface area contributed by atoms with E-state index in [1.807, 2.05) is 53.8 Å². The molecule has 5 nitrogen and oxygen atoms in total. The summed E-state index contributed by atoms with van der Waals surface area (Å²) in [6.07, 6.45) is 1.71. The Balaban J connectivity index is 1.99. The molecule has 0 heterocycles. The molecule has 31 heavy (non-hydrogen) atoms. The average molecular weight is 610 g/mol. The second-order valence-electron chi connectivity index (χ2n) is 6.56. The van der Waals surface area contributed by atoms with E-state index in [1.54, 1.807) is 30.3 Å². The van der Waals surface area contributed by atoms with Crippen LogP contribution in [0.25, 0.3) is 11.6 Å². The van der Waals surface area contributed by atoms with Crippen LogP contribution in [0.2, 0.25) is 0 Å². The van der Waals surface area contributed by atoms with Crippen molar-refractivity contribution in [3.05, 3.63) is 85.4 Å². The first kappa shape index (κ1) is 23.3. The molecular weight excluding hydrogens is 593 g/mol. The molecule has 0 aliphatic carbocycles. The fraction of sp³-hybridized carbons (Fsp3) is 0.0870. The van der Waals surface area contributed by atoms with Gasteiger partial charge in [-0.1, -0.05) is 45.8 Å². The molecule has 0 saturated heterocycles. The van der Waals surface area contributed by atoms with E-state index in [2.05, 4.69) is 22.0 Å². The third-order valence-corrected chi connectivity index (χ3v) is 6.91. The summed E-state index contributed by atoms with van der Waals surface area (Å²) in [4.78, 5) is 0.0573. The van der Waals surface area contributed by atoms with Gasteiger partial charge < -0.3 is 8.92 Å². The van der Waals surface area contributed by atoms with E-state index in [4.69, 9.17) is 8.92 Å². The molecule has 3 rings (SSSR count). The largest absolute Gasteiger partial charge is 0.493 e. The normalized spacial score (nSPS) is 11.6. The van der Waals surface area contributed by atoms with Gasteiger partial charge in [-0.05, 0) is 83.1 Å². The van der Waals surface area contributed by atoms with Crippen molar-refractivity contribution in [2.75, 3.05) is 7.11 Å². The standard InChI is InChI=1S/C23H17BrINO4S/c1-15-3-9-20(10-4-15)31(27,28)30-23-21(25)12-16(13-22(23)29-2)11-18(14-26)17-5-7-19(24)8-6-17/h3-13H,1-2H3/b18-11+. The van der Waals surface area contributed by atoms with Crippen molar-refractivity contribution >= 4 is 60.3 Å². The molecule has 0 amide bonds. The van der Waals surface area contributed by atoms with E-state index in [9.17, 15) is 13.7 Å². The van der Waals surface area contributed by atoms with Gasteiger partial charge in [-0.2, -0.15) is 13.7 Å². The van der Waals surface area contributed by atoms with Crippen LogP contribution in [0.15, 0.2) is 70.0 Å². The molecule has 3 aromatic rings. The molecule has 8 heteroatoms. The second kappa shape index (κ2) is 9.85. The van der Waals surface area contributed by atoms with Crippen molar-refractivity contribution < 1.29 is 17.3 Å². The summed E-state index contributed by atoms with van der Waals surface area (Å²) in [6, 6.07) is 19.4. The van der Waals surface area contributed by atoms with Crippen molar-refractivity contribution in [1.82, 2.24) is 0 Å². The number of rotatable bonds is 6. The number of hydrogen-bond donors (Lipinski definition) is 0. The van der Waals surface area contributed by atoms with Crippen LogP contribution in [0.1, 0.15) is 16.7 Å². The molecule has 0 aromatic heterocycles. The van der Waals surface area contributed by atoms with Crippen molar-refractivity contribution in [3.8, 4) is 17.6 Å². The smallest absolute Gasteiger partial charge is 0.339 e. The summed E-state index contributed by atoms with van der Waals surface area (Å²) in [7, 11) is -2.60. The minimum atomic E-state index is -4.03. The summed E-state index contributed by atoms with van der Waals surface area (Å²) in [6.45, 7) is 1.87. The molecule has 3 aromatic carbocycles. The second-order valence-corrected chi connectivity index (χ2v) is 10.2. The van der Waals surface area contributed by atoms with E-state index >= 15 is 0 Å². The van der Waals surface area contributed by atoms with Crippen LogP contribution in [0.5, 0.6) is 11.5 Å². The number of allylic oxidation sites excluding steroid dienone is 1. The number of nitrogens with zero attached hydrogens (tertiary/aromatic N) is 1.